The van der Waals surface area contributed by atoms with Crippen molar-refractivity contribution >= 4 is 39.1 Å². The Morgan fingerprint density at radius 2 is 1.89 bits per heavy atom. The van der Waals surface area contributed by atoms with E-state index in [1.54, 1.807) is 6.20 Å². The average molecular weight is 361 g/mol. The van der Waals surface area contributed by atoms with Crippen LogP contribution in [0, 0.1) is 0 Å². The largest absolute Gasteiger partial charge is 0.271 e. The molecule has 1 atom stereocenters. The lowest BCUT2D eigenvalue weighted by Gasteiger charge is -2.18. The van der Waals surface area contributed by atoms with Crippen LogP contribution in [0.4, 0.5) is 0 Å². The Morgan fingerprint density at radius 1 is 1.21 bits per heavy atom. The smallest absolute Gasteiger partial charge is 0.0731 e. The Balaban J connectivity index is 2.32. The van der Waals surface area contributed by atoms with Gasteiger partial charge in [0.2, 0.25) is 0 Å². The Bertz CT molecular complexity index is 557. The summed E-state index contributed by atoms with van der Waals surface area (Å²) in [5, 5.41) is 1.25. The number of nitrogens with one attached hydrogen (secondary N) is 1. The number of rotatable bonds is 4. The second kappa shape index (κ2) is 6.68. The zero-order valence-corrected chi connectivity index (χ0v) is 13.0. The van der Waals surface area contributed by atoms with Gasteiger partial charge in [-0.25, -0.2) is 0 Å². The maximum atomic E-state index is 6.17. The summed E-state index contributed by atoms with van der Waals surface area (Å²) in [5.74, 6) is 5.62. The summed E-state index contributed by atoms with van der Waals surface area (Å²) < 4.78 is 0.890. The van der Waals surface area contributed by atoms with Crippen LogP contribution in [0.15, 0.2) is 41.0 Å². The molecule has 0 spiro atoms. The Morgan fingerprint density at radius 3 is 2.47 bits per heavy atom. The fraction of sp³-hybridized carbons (Fsp3) is 0.154. The van der Waals surface area contributed by atoms with Crippen LogP contribution in [-0.4, -0.2) is 4.98 Å². The van der Waals surface area contributed by atoms with Gasteiger partial charge < -0.3 is 0 Å². The van der Waals surface area contributed by atoms with Gasteiger partial charge in [0.15, 0.2) is 0 Å². The summed E-state index contributed by atoms with van der Waals surface area (Å²) in [6, 6.07) is 9.03. The average Bonchev–Trinajstić information content (AvgIpc) is 2.40. The number of nitrogens with two attached hydrogens (primary N) is 1. The SMILES string of the molecule is NNC(Cc1c(Cl)cccc1Cl)c1ncccc1Br. The van der Waals surface area contributed by atoms with Crippen LogP contribution >= 0.6 is 39.1 Å². The molecule has 6 heteroatoms. The molecule has 0 amide bonds. The summed E-state index contributed by atoms with van der Waals surface area (Å²) in [4.78, 5) is 4.33. The minimum Gasteiger partial charge on any atom is -0.271 e. The van der Waals surface area contributed by atoms with E-state index in [-0.39, 0.29) is 6.04 Å². The molecular weight excluding hydrogens is 349 g/mol. The second-order valence-corrected chi connectivity index (χ2v) is 5.66. The van der Waals surface area contributed by atoms with E-state index in [1.807, 2.05) is 30.3 Å². The van der Waals surface area contributed by atoms with Crippen molar-refractivity contribution in [1.29, 1.82) is 0 Å². The van der Waals surface area contributed by atoms with Gasteiger partial charge in [-0.1, -0.05) is 29.3 Å². The first kappa shape index (κ1) is 14.8. The molecule has 0 saturated heterocycles. The van der Waals surface area contributed by atoms with Crippen LogP contribution < -0.4 is 11.3 Å². The summed E-state index contributed by atoms with van der Waals surface area (Å²) in [7, 11) is 0. The Kier molecular flexibility index (Phi) is 5.19. The number of benzene rings is 1. The van der Waals surface area contributed by atoms with Crippen LogP contribution in [-0.2, 0) is 6.42 Å². The third-order valence-corrected chi connectivity index (χ3v) is 4.17. The third-order valence-electron chi connectivity index (χ3n) is 2.79. The fourth-order valence-electron chi connectivity index (χ4n) is 1.82. The highest BCUT2D eigenvalue weighted by Gasteiger charge is 2.18. The molecule has 1 heterocycles. The molecule has 0 aliphatic carbocycles. The first-order valence-electron chi connectivity index (χ1n) is 5.63. The van der Waals surface area contributed by atoms with Gasteiger partial charge in [0, 0.05) is 20.7 Å². The molecular formula is C13H12BrCl2N3. The highest BCUT2D eigenvalue weighted by atomic mass is 79.9. The van der Waals surface area contributed by atoms with Gasteiger partial charge in [0.1, 0.15) is 0 Å². The predicted molar refractivity (Wildman–Crippen MR) is 82.2 cm³/mol. The molecule has 0 aliphatic rings. The van der Waals surface area contributed by atoms with Gasteiger partial charge >= 0.3 is 0 Å². The molecule has 19 heavy (non-hydrogen) atoms. The van der Waals surface area contributed by atoms with Crippen molar-refractivity contribution in [2.75, 3.05) is 0 Å². The van der Waals surface area contributed by atoms with Crippen LogP contribution in [0.3, 0.4) is 0 Å². The van der Waals surface area contributed by atoms with Gasteiger partial charge in [-0.05, 0) is 52.2 Å². The van der Waals surface area contributed by atoms with E-state index in [0.29, 0.717) is 16.5 Å². The maximum Gasteiger partial charge on any atom is 0.0731 e. The monoisotopic (exact) mass is 359 g/mol. The number of aromatic nitrogens is 1. The van der Waals surface area contributed by atoms with Crippen LogP contribution in [0.5, 0.6) is 0 Å². The van der Waals surface area contributed by atoms with Crippen molar-refractivity contribution in [3.8, 4) is 0 Å². The lowest BCUT2D eigenvalue weighted by atomic mass is 10.0. The van der Waals surface area contributed by atoms with Gasteiger partial charge in [-0.3, -0.25) is 16.3 Å². The van der Waals surface area contributed by atoms with Crippen molar-refractivity contribution in [2.24, 2.45) is 5.84 Å². The van der Waals surface area contributed by atoms with E-state index in [4.69, 9.17) is 29.0 Å². The summed E-state index contributed by atoms with van der Waals surface area (Å²) in [5.41, 5.74) is 4.43. The topological polar surface area (TPSA) is 50.9 Å². The number of halogens is 3. The molecule has 2 rings (SSSR count). The normalized spacial score (nSPS) is 12.4. The highest BCUT2D eigenvalue weighted by molar-refractivity contribution is 9.10. The molecule has 0 fully saturated rings. The molecule has 0 saturated carbocycles. The Hall–Kier alpha value is -0.650. The predicted octanol–water partition coefficient (Wildman–Crippen LogP) is 3.90. The van der Waals surface area contributed by atoms with Gasteiger partial charge in [0.25, 0.3) is 0 Å². The second-order valence-electron chi connectivity index (χ2n) is 3.99. The molecule has 0 bridgehead atoms. The van der Waals surface area contributed by atoms with Crippen molar-refractivity contribution in [1.82, 2.24) is 10.4 Å². The van der Waals surface area contributed by atoms with Crippen LogP contribution in [0.2, 0.25) is 10.0 Å². The number of hydrogen-bond donors (Lipinski definition) is 2. The molecule has 1 aromatic heterocycles. The van der Waals surface area contributed by atoms with Crippen molar-refractivity contribution in [3.63, 3.8) is 0 Å². The minimum absolute atomic E-state index is 0.173. The Labute approximate surface area is 130 Å². The molecule has 100 valence electrons. The molecule has 0 radical (unpaired) electrons. The standard InChI is InChI=1S/C13H12BrCl2N3/c14-9-3-2-6-18-13(9)12(19-17)7-8-10(15)4-1-5-11(8)16/h1-6,12,19H,7,17H2. The lowest BCUT2D eigenvalue weighted by molar-refractivity contribution is 0.536. The molecule has 3 nitrogen and oxygen atoms in total. The van der Waals surface area contributed by atoms with E-state index in [9.17, 15) is 0 Å². The third kappa shape index (κ3) is 3.46. The van der Waals surface area contributed by atoms with E-state index in [1.165, 1.54) is 0 Å². The molecule has 1 unspecified atom stereocenters. The molecule has 1 aromatic carbocycles. The molecule has 2 aromatic rings. The van der Waals surface area contributed by atoms with Gasteiger partial charge in [-0.2, -0.15) is 0 Å². The summed E-state index contributed by atoms with van der Waals surface area (Å²) in [6.07, 6.45) is 2.28. The fourth-order valence-corrected chi connectivity index (χ4v) is 2.90. The number of pyridine rings is 1. The van der Waals surface area contributed by atoms with E-state index in [2.05, 4.69) is 26.3 Å². The van der Waals surface area contributed by atoms with Crippen molar-refractivity contribution in [3.05, 3.63) is 62.3 Å². The lowest BCUT2D eigenvalue weighted by Crippen LogP contribution is -2.30. The highest BCUT2D eigenvalue weighted by Crippen LogP contribution is 2.30. The van der Waals surface area contributed by atoms with Crippen molar-refractivity contribution in [2.45, 2.75) is 12.5 Å². The summed E-state index contributed by atoms with van der Waals surface area (Å²) in [6.45, 7) is 0. The van der Waals surface area contributed by atoms with E-state index in [0.717, 1.165) is 15.7 Å². The zero-order chi connectivity index (χ0) is 13.8. The van der Waals surface area contributed by atoms with Crippen LogP contribution in [0.1, 0.15) is 17.3 Å². The van der Waals surface area contributed by atoms with Gasteiger partial charge in [0.05, 0.1) is 11.7 Å². The molecule has 3 N–H and O–H groups in total. The first-order chi connectivity index (χ1) is 9.13. The van der Waals surface area contributed by atoms with Gasteiger partial charge in [-0.15, -0.1) is 0 Å². The molecule has 0 aliphatic heterocycles. The number of hydrazine groups is 1. The number of hydrogen-bond acceptors (Lipinski definition) is 3. The van der Waals surface area contributed by atoms with E-state index < -0.39 is 0 Å². The number of nitrogens with zero attached hydrogens (tertiary/aromatic N) is 1. The van der Waals surface area contributed by atoms with E-state index >= 15 is 0 Å². The van der Waals surface area contributed by atoms with Crippen LogP contribution in [0.25, 0.3) is 0 Å². The quantitative estimate of drug-likeness (QED) is 0.642. The minimum atomic E-state index is -0.173. The first-order valence-corrected chi connectivity index (χ1v) is 7.17. The maximum absolute atomic E-state index is 6.17. The summed E-state index contributed by atoms with van der Waals surface area (Å²) >= 11 is 15.8. The zero-order valence-electron chi connectivity index (χ0n) is 9.91. The van der Waals surface area contributed by atoms with Crippen molar-refractivity contribution < 1.29 is 0 Å².